The molecule has 8 aromatic rings. The monoisotopic (exact) mass is 1750 g/mol. The average molecular weight is 1750 g/mol. The van der Waals surface area contributed by atoms with Crippen LogP contribution in [0.15, 0.2) is 236 Å². The van der Waals surface area contributed by atoms with Crippen LogP contribution >= 0.6 is 21.6 Å². The zero-order valence-electron chi connectivity index (χ0n) is 68.9. The van der Waals surface area contributed by atoms with Crippen LogP contribution < -0.4 is 86.1 Å². The molecule has 7 unspecified atom stereocenters. The Bertz CT molecular complexity index is 4860. The summed E-state index contributed by atoms with van der Waals surface area (Å²) in [7, 11) is 2.22. The molecule has 0 saturated carbocycles. The maximum absolute atomic E-state index is 14.2. The minimum absolute atomic E-state index is 0.00766. The number of hydrogen-bond donors (Lipinski definition) is 15. The molecule has 0 aliphatic heterocycles. The summed E-state index contributed by atoms with van der Waals surface area (Å²) in [5.41, 5.74) is 22.5. The topological polar surface area (TPSA) is 540 Å². The van der Waals surface area contributed by atoms with Crippen LogP contribution in [0.25, 0.3) is 0 Å². The van der Waals surface area contributed by atoms with Gasteiger partial charge in [0.25, 0.3) is 5.69 Å². The van der Waals surface area contributed by atoms with Crippen molar-refractivity contribution in [1.29, 1.82) is 0 Å². The van der Waals surface area contributed by atoms with Gasteiger partial charge in [0.15, 0.2) is 0 Å². The third kappa shape index (κ3) is 37.3. The molecule has 0 aliphatic rings. The number of rotatable bonds is 49. The highest BCUT2D eigenvalue weighted by Crippen LogP contribution is 2.31. The Labute approximate surface area is 730 Å². The van der Waals surface area contributed by atoms with Gasteiger partial charge in [-0.3, -0.25) is 72.4 Å². The summed E-state index contributed by atoms with van der Waals surface area (Å²) < 4.78 is 0. The predicted molar refractivity (Wildman–Crippen MR) is 468 cm³/mol. The average Bonchev–Trinajstić information content (AvgIpc) is 0.847. The van der Waals surface area contributed by atoms with E-state index in [2.05, 4.69) is 68.8 Å². The second-order valence-electron chi connectivity index (χ2n) is 29.1. The molecule has 18 N–H and O–H groups in total. The fourth-order valence-electron chi connectivity index (χ4n) is 12.6. The molecule has 0 spiro atoms. The number of hydrogen-bond acceptors (Lipinski definition) is 22. The van der Waals surface area contributed by atoms with Gasteiger partial charge in [-0.1, -0.05) is 223 Å². The van der Waals surface area contributed by atoms with Crippen LogP contribution in [-0.2, 0) is 112 Å². The first-order valence-corrected chi connectivity index (χ1v) is 42.5. The van der Waals surface area contributed by atoms with E-state index in [1.807, 2.05) is 36.4 Å². The second kappa shape index (κ2) is 53.2. The molecule has 0 saturated heterocycles. The lowest BCUT2D eigenvalue weighted by Gasteiger charge is -2.26. The van der Waals surface area contributed by atoms with Crippen LogP contribution in [0, 0.1) is 10.1 Å². The fourth-order valence-corrected chi connectivity index (χ4v) is 14.6. The lowest BCUT2D eigenvalue weighted by atomic mass is 10.0. The predicted octanol–water partition coefficient (Wildman–Crippen LogP) is 1.25. The van der Waals surface area contributed by atoms with Gasteiger partial charge < -0.3 is 90.9 Å². The quantitative estimate of drug-likeness (QED) is 0.0110. The van der Waals surface area contributed by atoms with Crippen molar-refractivity contribution in [3.63, 3.8) is 0 Å². The molecule has 13 amide bonds. The smallest absolute Gasteiger partial charge is 0.287 e. The summed E-state index contributed by atoms with van der Waals surface area (Å²) in [6, 6.07) is 54.0. The maximum atomic E-state index is 14.2. The zero-order valence-corrected chi connectivity index (χ0v) is 70.5. The summed E-state index contributed by atoms with van der Waals surface area (Å²) in [5, 5.41) is 54.1. The van der Waals surface area contributed by atoms with Crippen LogP contribution in [0.3, 0.4) is 0 Å². The van der Waals surface area contributed by atoms with E-state index in [4.69, 9.17) is 17.2 Å². The number of amides is 13. The van der Waals surface area contributed by atoms with E-state index >= 15 is 0 Å². The van der Waals surface area contributed by atoms with Crippen molar-refractivity contribution in [2.75, 3.05) is 31.9 Å². The highest BCUT2D eigenvalue weighted by molar-refractivity contribution is 8.76. The number of nitrogens with two attached hydrogens (primary N) is 3. The molecule has 10 atom stereocenters. The maximum Gasteiger partial charge on any atom is 0.287 e. The fraction of sp³-hybridized carbons (Fsp3) is 0.315. The normalized spacial score (nSPS) is 13.2. The number of nitrogens with one attached hydrogen (secondary N) is 12. The first-order chi connectivity index (χ1) is 60.1. The first-order valence-electron chi connectivity index (χ1n) is 40.2. The summed E-state index contributed by atoms with van der Waals surface area (Å²) in [5.74, 6) is -10.2. The Kier molecular flexibility index (Phi) is 41.9. The molecule has 1 heterocycles. The Morgan fingerprint density at radius 1 is 0.392 bits per heavy atom. The van der Waals surface area contributed by atoms with E-state index in [-0.39, 0.29) is 62.8 Å². The molecule has 34 nitrogen and oxygen atoms in total. The molecule has 125 heavy (non-hydrogen) atoms. The minimum Gasteiger partial charge on any atom is -0.550 e. The first kappa shape index (κ1) is 98.4. The van der Waals surface area contributed by atoms with Crippen LogP contribution in [0.4, 0.5) is 5.69 Å². The van der Waals surface area contributed by atoms with Crippen molar-refractivity contribution in [3.05, 3.63) is 280 Å². The number of carbonyl (C=O) groups excluding carboxylic acids is 14. The van der Waals surface area contributed by atoms with Crippen LogP contribution in [0.1, 0.15) is 78.5 Å². The van der Waals surface area contributed by atoms with Gasteiger partial charge in [0.05, 0.1) is 30.6 Å². The highest BCUT2D eigenvalue weighted by Gasteiger charge is 2.34. The zero-order chi connectivity index (χ0) is 90.4. The Balaban J connectivity index is 0.000000348. The molecule has 7 aromatic carbocycles. The Hall–Kier alpha value is -13.7. The number of aliphatic carboxylic acids is 1. The van der Waals surface area contributed by atoms with Gasteiger partial charge in [0.2, 0.25) is 76.8 Å². The second-order valence-corrected chi connectivity index (χ2v) is 31.5. The van der Waals surface area contributed by atoms with Gasteiger partial charge in [-0.15, -0.1) is 0 Å². The Morgan fingerprint density at radius 2 is 0.712 bits per heavy atom. The number of unbranched alkanes of at least 4 members (excludes halogenated alkanes) is 1. The number of nitrogens with zero attached hydrogens (tertiary/aromatic N) is 2. The number of pyridine rings is 1. The molecule has 36 heteroatoms. The lowest BCUT2D eigenvalue weighted by molar-refractivity contribution is -0.385. The van der Waals surface area contributed by atoms with Crippen molar-refractivity contribution in [2.24, 2.45) is 17.2 Å². The van der Waals surface area contributed by atoms with Crippen LogP contribution in [0.2, 0.25) is 0 Å². The lowest BCUT2D eigenvalue weighted by Crippen LogP contribution is -2.58. The third-order valence-electron chi connectivity index (χ3n) is 18.9. The number of benzene rings is 7. The van der Waals surface area contributed by atoms with Crippen LogP contribution in [0.5, 0.6) is 0 Å². The number of carboxylic acid groups (broad SMARTS) is 1. The van der Waals surface area contributed by atoms with E-state index < -0.39 is 174 Å². The number of carbonyl (C=O) groups is 14. The molecule has 0 radical (unpaired) electrons. The van der Waals surface area contributed by atoms with E-state index in [1.165, 1.54) is 26.0 Å². The summed E-state index contributed by atoms with van der Waals surface area (Å²) in [6.07, 6.45) is 2.30. The van der Waals surface area contributed by atoms with E-state index in [0.717, 1.165) is 44.5 Å². The number of primary amides is 1. The third-order valence-corrected chi connectivity index (χ3v) is 21.2. The van der Waals surface area contributed by atoms with Gasteiger partial charge in [-0.25, -0.2) is 4.98 Å². The Morgan fingerprint density at radius 3 is 1.06 bits per heavy atom. The molecule has 0 aliphatic carbocycles. The van der Waals surface area contributed by atoms with Gasteiger partial charge in [0, 0.05) is 75.7 Å². The molecule has 1 aromatic heterocycles. The SMILES string of the molecule is CC(=O)NC(Cc1ccccc1)C(=O)NCC(=O)NC(Cc1ccccc1)C(=O)N[C@@H](CSSc1ccc([N+](=O)[O-])cn1)C(=O)NC(Cc1ccccc1)C(N)=O.C[C@H](CC(=O)[O-])NC(=O)C(Cc1ccccc1)NC(=O)CNC(=O)C(Cc1ccccc1)NC(=O)[C@H](CCCCN)NC(=O)C(Cc1ccccc1)NC(=O)CNC(=O)C(N)Cc1ccccc1. The number of nitro groups is 1. The molecular formula is C89H104N17O17S2-. The minimum atomic E-state index is -1.36. The van der Waals surface area contributed by atoms with E-state index in [1.54, 1.807) is 176 Å². The molecular weight excluding hydrogens is 1640 g/mol. The van der Waals surface area contributed by atoms with E-state index in [0.29, 0.717) is 46.7 Å². The van der Waals surface area contributed by atoms with Gasteiger partial charge in [0.1, 0.15) is 59.6 Å². The summed E-state index contributed by atoms with van der Waals surface area (Å²) in [6.45, 7) is 1.48. The standard InChI is InChI=1S/C50H63N9O9.C39H42N8O8S2/c1-33(26-45(62)63)55-49(67)41(29-36-20-10-4-11-21-36)56-44(61)32-54-47(65)40(28-35-18-8-3-9-19-35)59-48(66)39(24-14-15-25-51)58-50(68)42(30-37-22-12-5-13-23-37)57-43(60)31-53-46(64)38(52)27-34-16-6-2-7-17-34;1-25(48)43-31(20-27-13-7-3-8-14-27)37(51)42-23-34(49)44-32(21-28-15-9-4-10-16-28)38(52)46-33(24-56-57-35-18-17-29(22-41-35)47(54)55)39(53)45-30(36(40)50)19-26-11-5-2-6-12-26/h2-13,16-23,33,38-42H,14-15,24-32,51-52H2,1H3,(H,53,64)(H,54,65)(H,55,67)(H,56,61)(H,57,60)(H,58,68)(H,59,66)(H,62,63);2-18,22,30-33H,19-21,23-24H2,1H3,(H2,40,50)(H,42,51)(H,43,48)(H,44,49)(H,45,53)(H,46,52)/p-1/t33-,38?,39+,40?,41?,42?;30?,31?,32?,33-/m10/s1. The van der Waals surface area contributed by atoms with Crippen molar-refractivity contribution >= 4 is 110 Å². The molecule has 0 bridgehead atoms. The van der Waals surface area contributed by atoms with Crippen molar-refractivity contribution in [2.45, 2.75) is 150 Å². The molecule has 0 fully saturated rings. The number of aromatic nitrogens is 1. The summed E-state index contributed by atoms with van der Waals surface area (Å²) in [4.78, 5) is 199. The number of carboxylic acids is 1. The van der Waals surface area contributed by atoms with Crippen molar-refractivity contribution in [3.8, 4) is 0 Å². The van der Waals surface area contributed by atoms with Crippen molar-refractivity contribution in [1.82, 2.24) is 68.8 Å². The largest absolute Gasteiger partial charge is 0.550 e. The van der Waals surface area contributed by atoms with Gasteiger partial charge >= 0.3 is 0 Å². The van der Waals surface area contributed by atoms with Crippen LogP contribution in [-0.4, -0.2) is 185 Å². The summed E-state index contributed by atoms with van der Waals surface area (Å²) >= 11 is 0. The highest BCUT2D eigenvalue weighted by atomic mass is 33.1. The van der Waals surface area contributed by atoms with Gasteiger partial charge in [-0.05, 0) is 95.0 Å². The van der Waals surface area contributed by atoms with E-state index in [9.17, 15) is 82.3 Å². The molecule has 8 rings (SSSR count). The van der Waals surface area contributed by atoms with Gasteiger partial charge in [-0.2, -0.15) is 0 Å². The molecule has 660 valence electrons. The van der Waals surface area contributed by atoms with Crippen molar-refractivity contribution < 1.29 is 77.2 Å².